The van der Waals surface area contributed by atoms with Crippen molar-refractivity contribution in [2.24, 2.45) is 10.9 Å². The van der Waals surface area contributed by atoms with E-state index in [-0.39, 0.29) is 11.6 Å². The van der Waals surface area contributed by atoms with Crippen molar-refractivity contribution in [3.63, 3.8) is 0 Å². The summed E-state index contributed by atoms with van der Waals surface area (Å²) >= 11 is 0. The lowest BCUT2D eigenvalue weighted by Gasteiger charge is -2.05. The molecule has 0 N–H and O–H groups in total. The Hall–Kier alpha value is -1.77. The highest BCUT2D eigenvalue weighted by Gasteiger charge is 2.34. The van der Waals surface area contributed by atoms with Gasteiger partial charge in [0.05, 0.1) is 0 Å². The highest BCUT2D eigenvalue weighted by atomic mass is 16.1. The molecule has 1 aromatic carbocycles. The highest BCUT2D eigenvalue weighted by Crippen LogP contribution is 2.20. The summed E-state index contributed by atoms with van der Waals surface area (Å²) in [5.74, 6) is -0.599. The van der Waals surface area contributed by atoms with E-state index in [2.05, 4.69) is 17.1 Å². The SMILES string of the molecule is CC(=O)[C@@H]1C(=O)CCC1=NCCc1ccccc1. The second-order valence-electron chi connectivity index (χ2n) is 4.62. The fourth-order valence-corrected chi connectivity index (χ4v) is 2.33. The number of nitrogens with zero attached hydrogens (tertiary/aromatic N) is 1. The summed E-state index contributed by atoms with van der Waals surface area (Å²) in [6, 6.07) is 10.1. The third kappa shape index (κ3) is 2.92. The third-order valence-corrected chi connectivity index (χ3v) is 3.25. The number of rotatable bonds is 4. The molecule has 0 unspecified atom stereocenters. The van der Waals surface area contributed by atoms with Gasteiger partial charge in [0.2, 0.25) is 0 Å². The van der Waals surface area contributed by atoms with Crippen molar-refractivity contribution in [1.82, 2.24) is 0 Å². The summed E-state index contributed by atoms with van der Waals surface area (Å²) in [5.41, 5.74) is 2.01. The van der Waals surface area contributed by atoms with E-state index in [9.17, 15) is 9.59 Å². The molecule has 18 heavy (non-hydrogen) atoms. The number of hydrogen-bond donors (Lipinski definition) is 0. The Morgan fingerprint density at radius 3 is 2.67 bits per heavy atom. The lowest BCUT2D eigenvalue weighted by Crippen LogP contribution is -2.22. The van der Waals surface area contributed by atoms with Crippen LogP contribution in [-0.4, -0.2) is 23.8 Å². The first-order chi connectivity index (χ1) is 8.68. The fourth-order valence-electron chi connectivity index (χ4n) is 2.33. The number of benzene rings is 1. The molecule has 2 rings (SSSR count). The normalized spacial score (nSPS) is 21.5. The number of carbonyl (C=O) groups excluding carboxylic acids is 2. The van der Waals surface area contributed by atoms with Gasteiger partial charge in [0, 0.05) is 18.7 Å². The van der Waals surface area contributed by atoms with E-state index in [0.717, 1.165) is 12.1 Å². The lowest BCUT2D eigenvalue weighted by molar-refractivity contribution is -0.127. The monoisotopic (exact) mass is 243 g/mol. The van der Waals surface area contributed by atoms with Crippen LogP contribution in [0.4, 0.5) is 0 Å². The van der Waals surface area contributed by atoms with Gasteiger partial charge < -0.3 is 0 Å². The van der Waals surface area contributed by atoms with Gasteiger partial charge in [-0.25, -0.2) is 0 Å². The molecule has 0 aliphatic heterocycles. The second-order valence-corrected chi connectivity index (χ2v) is 4.62. The molecule has 0 aromatic heterocycles. The van der Waals surface area contributed by atoms with Gasteiger partial charge in [-0.3, -0.25) is 14.6 Å². The molecule has 3 heteroatoms. The maximum absolute atomic E-state index is 11.6. The number of Topliss-reactive ketones (excluding diaryl/α,β-unsaturated/α-hetero) is 2. The first-order valence-corrected chi connectivity index (χ1v) is 6.29. The standard InChI is InChI=1S/C15H17NO2/c1-11(17)15-13(7-8-14(15)18)16-10-9-12-5-3-2-4-6-12/h2-6,15H,7-10H2,1H3/t15-/m0/s1. The Morgan fingerprint density at radius 1 is 1.28 bits per heavy atom. The number of carbonyl (C=O) groups is 2. The van der Waals surface area contributed by atoms with Crippen LogP contribution in [0.25, 0.3) is 0 Å². The van der Waals surface area contributed by atoms with Crippen molar-refractivity contribution in [2.45, 2.75) is 26.2 Å². The molecule has 3 nitrogen and oxygen atoms in total. The van der Waals surface area contributed by atoms with Gasteiger partial charge in [-0.1, -0.05) is 30.3 Å². The van der Waals surface area contributed by atoms with Crippen LogP contribution in [0.15, 0.2) is 35.3 Å². The van der Waals surface area contributed by atoms with Gasteiger partial charge in [-0.2, -0.15) is 0 Å². The molecule has 1 atom stereocenters. The van der Waals surface area contributed by atoms with Crippen LogP contribution in [0, 0.1) is 5.92 Å². The van der Waals surface area contributed by atoms with E-state index in [0.29, 0.717) is 19.4 Å². The molecule has 0 saturated heterocycles. The van der Waals surface area contributed by atoms with Crippen LogP contribution < -0.4 is 0 Å². The Morgan fingerprint density at radius 2 is 2.00 bits per heavy atom. The first kappa shape index (κ1) is 12.7. The molecule has 0 amide bonds. The van der Waals surface area contributed by atoms with Crippen molar-refractivity contribution in [3.8, 4) is 0 Å². The third-order valence-electron chi connectivity index (χ3n) is 3.25. The van der Waals surface area contributed by atoms with E-state index >= 15 is 0 Å². The Labute approximate surface area is 107 Å². The van der Waals surface area contributed by atoms with Gasteiger partial charge >= 0.3 is 0 Å². The largest absolute Gasteiger partial charge is 0.299 e. The number of ketones is 2. The average molecular weight is 243 g/mol. The van der Waals surface area contributed by atoms with Crippen molar-refractivity contribution >= 4 is 17.3 Å². The van der Waals surface area contributed by atoms with Gasteiger partial charge in [0.1, 0.15) is 17.5 Å². The number of aliphatic imine (C=N–C) groups is 1. The minimum atomic E-state index is -0.555. The summed E-state index contributed by atoms with van der Waals surface area (Å²) in [7, 11) is 0. The zero-order valence-electron chi connectivity index (χ0n) is 10.6. The van der Waals surface area contributed by atoms with Crippen molar-refractivity contribution in [2.75, 3.05) is 6.54 Å². The van der Waals surface area contributed by atoms with E-state index < -0.39 is 5.92 Å². The minimum Gasteiger partial charge on any atom is -0.299 e. The Bertz CT molecular complexity index is 477. The van der Waals surface area contributed by atoms with Crippen molar-refractivity contribution in [1.29, 1.82) is 0 Å². The zero-order valence-corrected chi connectivity index (χ0v) is 10.6. The summed E-state index contributed by atoms with van der Waals surface area (Å²) < 4.78 is 0. The molecule has 1 aliphatic rings. The topological polar surface area (TPSA) is 46.5 Å². The molecule has 0 heterocycles. The minimum absolute atomic E-state index is 0.0287. The van der Waals surface area contributed by atoms with Crippen LogP contribution in [0.5, 0.6) is 0 Å². The molecule has 1 saturated carbocycles. The number of hydrogen-bond acceptors (Lipinski definition) is 3. The van der Waals surface area contributed by atoms with Crippen molar-refractivity contribution < 1.29 is 9.59 Å². The van der Waals surface area contributed by atoms with Gasteiger partial charge in [-0.15, -0.1) is 0 Å². The van der Waals surface area contributed by atoms with Crippen LogP contribution in [0.1, 0.15) is 25.3 Å². The maximum atomic E-state index is 11.6. The summed E-state index contributed by atoms with van der Waals surface area (Å²) in [5, 5.41) is 0. The zero-order chi connectivity index (χ0) is 13.0. The van der Waals surface area contributed by atoms with E-state index in [1.54, 1.807) is 0 Å². The highest BCUT2D eigenvalue weighted by molar-refractivity contribution is 6.24. The molecular formula is C15H17NO2. The van der Waals surface area contributed by atoms with Gasteiger partial charge in [0.25, 0.3) is 0 Å². The van der Waals surface area contributed by atoms with Gasteiger partial charge in [-0.05, 0) is 25.3 Å². The Balaban J connectivity index is 1.97. The smallest absolute Gasteiger partial charge is 0.149 e. The molecule has 0 bridgehead atoms. The van der Waals surface area contributed by atoms with Crippen LogP contribution >= 0.6 is 0 Å². The van der Waals surface area contributed by atoms with E-state index in [4.69, 9.17) is 0 Å². The second kappa shape index (κ2) is 5.71. The molecule has 94 valence electrons. The molecule has 1 aromatic rings. The van der Waals surface area contributed by atoms with E-state index in [1.807, 2.05) is 18.2 Å². The molecule has 0 spiro atoms. The average Bonchev–Trinajstić information content (AvgIpc) is 2.72. The molecule has 1 aliphatic carbocycles. The predicted molar refractivity (Wildman–Crippen MR) is 70.9 cm³/mol. The molecule has 1 fully saturated rings. The summed E-state index contributed by atoms with van der Waals surface area (Å²) in [6.07, 6.45) is 1.97. The first-order valence-electron chi connectivity index (χ1n) is 6.29. The summed E-state index contributed by atoms with van der Waals surface area (Å²) in [4.78, 5) is 27.4. The maximum Gasteiger partial charge on any atom is 0.149 e. The fraction of sp³-hybridized carbons (Fsp3) is 0.400. The Kier molecular flexibility index (Phi) is 4.03. The predicted octanol–water partition coefficient (Wildman–Crippen LogP) is 2.24. The van der Waals surface area contributed by atoms with Crippen LogP contribution in [0.2, 0.25) is 0 Å². The van der Waals surface area contributed by atoms with Crippen LogP contribution in [-0.2, 0) is 16.0 Å². The quantitative estimate of drug-likeness (QED) is 0.761. The van der Waals surface area contributed by atoms with Crippen molar-refractivity contribution in [3.05, 3.63) is 35.9 Å². The lowest BCUT2D eigenvalue weighted by atomic mass is 10.0. The molecule has 0 radical (unpaired) electrons. The molecular weight excluding hydrogens is 226 g/mol. The van der Waals surface area contributed by atoms with E-state index in [1.165, 1.54) is 12.5 Å². The van der Waals surface area contributed by atoms with Gasteiger partial charge in [0.15, 0.2) is 0 Å². The summed E-state index contributed by atoms with van der Waals surface area (Å²) in [6.45, 7) is 2.12. The van der Waals surface area contributed by atoms with Crippen LogP contribution in [0.3, 0.4) is 0 Å².